The molecule has 4 aromatic rings. The predicted molar refractivity (Wildman–Crippen MR) is 147 cm³/mol. The van der Waals surface area contributed by atoms with Crippen molar-refractivity contribution in [3.05, 3.63) is 81.6 Å². The van der Waals surface area contributed by atoms with Crippen LogP contribution in [0.25, 0.3) is 0 Å². The van der Waals surface area contributed by atoms with E-state index < -0.39 is 17.6 Å². The summed E-state index contributed by atoms with van der Waals surface area (Å²) in [5.41, 5.74) is 2.11. The normalized spacial score (nSPS) is 13.3. The van der Waals surface area contributed by atoms with Gasteiger partial charge in [0.05, 0.1) is 28.5 Å². The molecular formula is C27H24F3N7O2S. The molecule has 0 saturated heterocycles. The summed E-state index contributed by atoms with van der Waals surface area (Å²) in [4.78, 5) is 42.5. The lowest BCUT2D eigenvalue weighted by Gasteiger charge is -2.35. The summed E-state index contributed by atoms with van der Waals surface area (Å²) in [6, 6.07) is 8.81. The number of halogens is 3. The maximum absolute atomic E-state index is 13.4. The zero-order valence-corrected chi connectivity index (χ0v) is 22.7. The van der Waals surface area contributed by atoms with Crippen molar-refractivity contribution in [1.29, 1.82) is 0 Å². The number of benzene rings is 2. The molecule has 2 aromatic heterocycles. The minimum Gasteiger partial charge on any atom is -0.322 e. The van der Waals surface area contributed by atoms with E-state index in [1.165, 1.54) is 33.3 Å². The van der Waals surface area contributed by atoms with Gasteiger partial charge in [-0.15, -0.1) is 11.3 Å². The molecule has 1 aliphatic heterocycles. The molecule has 40 heavy (non-hydrogen) atoms. The molecule has 13 heteroatoms. The zero-order valence-electron chi connectivity index (χ0n) is 21.9. The molecular weight excluding hydrogens is 543 g/mol. The SMILES string of the molecule is Cc1nc(C)c(Nc2ncc3c(n2)N(C)C(=O)N(c2cc(NC(=O)c4cccc(C(F)(F)F)c4)ccc2C)C3)s1. The molecule has 0 atom stereocenters. The summed E-state index contributed by atoms with van der Waals surface area (Å²) in [5.74, 6) is 0.103. The van der Waals surface area contributed by atoms with Crippen LogP contribution in [0.4, 0.5) is 46.1 Å². The van der Waals surface area contributed by atoms with Gasteiger partial charge in [0.15, 0.2) is 0 Å². The molecule has 3 amide bonds. The number of nitrogens with zero attached hydrogens (tertiary/aromatic N) is 5. The maximum Gasteiger partial charge on any atom is 0.416 e. The number of carbonyl (C=O) groups is 2. The lowest BCUT2D eigenvalue weighted by Crippen LogP contribution is -2.46. The van der Waals surface area contributed by atoms with Crippen LogP contribution in [0.3, 0.4) is 0 Å². The Hall–Kier alpha value is -4.52. The summed E-state index contributed by atoms with van der Waals surface area (Å²) >= 11 is 1.48. The zero-order chi connectivity index (χ0) is 28.8. The second kappa shape index (κ2) is 10.2. The second-order valence-corrected chi connectivity index (χ2v) is 10.5. The quantitative estimate of drug-likeness (QED) is 0.287. The first-order chi connectivity index (χ1) is 18.9. The molecule has 5 rings (SSSR count). The Labute approximate surface area is 231 Å². The first kappa shape index (κ1) is 27.1. The van der Waals surface area contributed by atoms with E-state index in [2.05, 4.69) is 25.6 Å². The molecule has 2 N–H and O–H groups in total. The minimum atomic E-state index is -4.57. The van der Waals surface area contributed by atoms with Crippen LogP contribution < -0.4 is 20.4 Å². The number of thiazole rings is 1. The number of aryl methyl sites for hydroxylation is 3. The summed E-state index contributed by atoms with van der Waals surface area (Å²) in [7, 11) is 1.61. The first-order valence-corrected chi connectivity index (χ1v) is 12.9. The number of carbonyl (C=O) groups excluding carboxylic acids is 2. The predicted octanol–water partition coefficient (Wildman–Crippen LogP) is 6.45. The highest BCUT2D eigenvalue weighted by atomic mass is 32.1. The maximum atomic E-state index is 13.4. The third kappa shape index (κ3) is 5.32. The van der Waals surface area contributed by atoms with Crippen molar-refractivity contribution >= 4 is 51.4 Å². The lowest BCUT2D eigenvalue weighted by atomic mass is 10.1. The fraction of sp³-hybridized carbons (Fsp3) is 0.222. The highest BCUT2D eigenvalue weighted by Crippen LogP contribution is 2.34. The van der Waals surface area contributed by atoms with Crippen molar-refractivity contribution in [2.24, 2.45) is 0 Å². The Morgan fingerprint density at radius 3 is 2.55 bits per heavy atom. The molecule has 0 spiro atoms. The number of alkyl halides is 3. The molecule has 0 unspecified atom stereocenters. The van der Waals surface area contributed by atoms with E-state index >= 15 is 0 Å². The third-order valence-electron chi connectivity index (χ3n) is 6.34. The number of amides is 3. The molecule has 206 valence electrons. The van der Waals surface area contributed by atoms with Crippen LogP contribution in [-0.4, -0.2) is 33.9 Å². The van der Waals surface area contributed by atoms with Gasteiger partial charge in [-0.05, 0) is 56.7 Å². The smallest absolute Gasteiger partial charge is 0.322 e. The van der Waals surface area contributed by atoms with Gasteiger partial charge >= 0.3 is 12.2 Å². The highest BCUT2D eigenvalue weighted by Gasteiger charge is 2.32. The van der Waals surface area contributed by atoms with Crippen molar-refractivity contribution < 1.29 is 22.8 Å². The van der Waals surface area contributed by atoms with Crippen LogP contribution in [0.1, 0.15) is 37.7 Å². The van der Waals surface area contributed by atoms with E-state index in [1.807, 2.05) is 20.8 Å². The van der Waals surface area contributed by atoms with Crippen molar-refractivity contribution in [3.63, 3.8) is 0 Å². The van der Waals surface area contributed by atoms with E-state index in [-0.39, 0.29) is 18.1 Å². The molecule has 0 aliphatic carbocycles. The van der Waals surface area contributed by atoms with Gasteiger partial charge < -0.3 is 10.6 Å². The van der Waals surface area contributed by atoms with Crippen molar-refractivity contribution in [2.45, 2.75) is 33.5 Å². The van der Waals surface area contributed by atoms with Crippen LogP contribution in [0.15, 0.2) is 48.7 Å². The average Bonchev–Trinajstić information content (AvgIpc) is 3.23. The van der Waals surface area contributed by atoms with Crippen molar-refractivity contribution in [3.8, 4) is 0 Å². The number of fused-ring (bicyclic) bond motifs is 1. The van der Waals surface area contributed by atoms with Crippen LogP contribution in [0.5, 0.6) is 0 Å². The molecule has 0 saturated carbocycles. The third-order valence-corrected chi connectivity index (χ3v) is 7.33. The Bertz CT molecular complexity index is 1640. The van der Waals surface area contributed by atoms with Crippen molar-refractivity contribution in [1.82, 2.24) is 15.0 Å². The van der Waals surface area contributed by atoms with E-state index in [0.717, 1.165) is 33.4 Å². The molecule has 3 heterocycles. The average molecular weight is 568 g/mol. The second-order valence-electron chi connectivity index (χ2n) is 9.28. The van der Waals surface area contributed by atoms with Gasteiger partial charge in [0.1, 0.15) is 10.8 Å². The Kier molecular flexibility index (Phi) is 6.92. The van der Waals surface area contributed by atoms with Gasteiger partial charge in [0.25, 0.3) is 5.91 Å². The fourth-order valence-electron chi connectivity index (χ4n) is 4.32. The van der Waals surface area contributed by atoms with Gasteiger partial charge in [-0.3, -0.25) is 14.6 Å². The van der Waals surface area contributed by atoms with Gasteiger partial charge in [-0.25, -0.2) is 14.8 Å². The van der Waals surface area contributed by atoms with E-state index in [0.29, 0.717) is 28.7 Å². The number of hydrogen-bond donors (Lipinski definition) is 2. The summed E-state index contributed by atoms with van der Waals surface area (Å²) in [6.07, 6.45) is -2.91. The van der Waals surface area contributed by atoms with Gasteiger partial charge in [-0.1, -0.05) is 12.1 Å². The van der Waals surface area contributed by atoms with E-state index in [9.17, 15) is 22.8 Å². The summed E-state index contributed by atoms with van der Waals surface area (Å²) in [5, 5.41) is 7.52. The molecule has 0 radical (unpaired) electrons. The van der Waals surface area contributed by atoms with Crippen LogP contribution in [0, 0.1) is 20.8 Å². The summed E-state index contributed by atoms with van der Waals surface area (Å²) in [6.45, 7) is 5.80. The number of urea groups is 1. The van der Waals surface area contributed by atoms with E-state index in [1.54, 1.807) is 31.4 Å². The summed E-state index contributed by atoms with van der Waals surface area (Å²) < 4.78 is 39.3. The Morgan fingerprint density at radius 1 is 1.07 bits per heavy atom. The van der Waals surface area contributed by atoms with Gasteiger partial charge in [-0.2, -0.15) is 18.2 Å². The Balaban J connectivity index is 1.38. The number of nitrogens with one attached hydrogen (secondary N) is 2. The molecule has 0 bridgehead atoms. The molecule has 2 aromatic carbocycles. The fourth-order valence-corrected chi connectivity index (χ4v) is 5.14. The topological polar surface area (TPSA) is 103 Å². The number of hydrogen-bond acceptors (Lipinski definition) is 7. The number of anilines is 5. The molecule has 9 nitrogen and oxygen atoms in total. The van der Waals surface area contributed by atoms with E-state index in [4.69, 9.17) is 0 Å². The van der Waals surface area contributed by atoms with Crippen LogP contribution >= 0.6 is 11.3 Å². The Morgan fingerprint density at radius 2 is 1.85 bits per heavy atom. The van der Waals surface area contributed by atoms with Gasteiger partial charge in [0.2, 0.25) is 5.95 Å². The van der Waals surface area contributed by atoms with Crippen molar-refractivity contribution in [2.75, 3.05) is 27.5 Å². The van der Waals surface area contributed by atoms with Gasteiger partial charge in [0, 0.05) is 30.1 Å². The number of rotatable bonds is 5. The highest BCUT2D eigenvalue weighted by molar-refractivity contribution is 7.15. The lowest BCUT2D eigenvalue weighted by molar-refractivity contribution is -0.137. The molecule has 1 aliphatic rings. The minimum absolute atomic E-state index is 0.134. The van der Waals surface area contributed by atoms with Crippen LogP contribution in [0.2, 0.25) is 0 Å². The first-order valence-electron chi connectivity index (χ1n) is 12.1. The standard InChI is InChI=1S/C27H24F3N7O2S/c1-14-8-9-20(33-23(38)17-6-5-7-19(10-17)27(28,29)30)11-21(14)37-13-18-12-31-25(34-22(18)36(4)26(37)39)35-24-15(2)32-16(3)40-24/h5-12H,13H2,1-4H3,(H,33,38)(H,31,34,35). The number of aromatic nitrogens is 3. The monoisotopic (exact) mass is 567 g/mol. The van der Waals surface area contributed by atoms with Crippen LogP contribution in [-0.2, 0) is 12.7 Å². The largest absolute Gasteiger partial charge is 0.416 e. The molecule has 0 fully saturated rings.